The number of carbonyl (C=O) groups excluding carboxylic acids is 1. The first-order chi connectivity index (χ1) is 10.2. The fraction of sp³-hybridized carbons (Fsp3) is 0.667. The second kappa shape index (κ2) is 5.98. The molecule has 7 heteroatoms. The van der Waals surface area contributed by atoms with E-state index in [0.29, 0.717) is 18.9 Å². The number of carbonyl (C=O) groups is 1. The fourth-order valence-corrected chi connectivity index (χ4v) is 2.69. The first-order valence-corrected chi connectivity index (χ1v) is 7.53. The van der Waals surface area contributed by atoms with E-state index < -0.39 is 5.60 Å². The van der Waals surface area contributed by atoms with Gasteiger partial charge in [-0.2, -0.15) is 0 Å². The highest BCUT2D eigenvalue weighted by Crippen LogP contribution is 2.23. The summed E-state index contributed by atoms with van der Waals surface area (Å²) in [6.07, 6.45) is -0.268. The molecule has 2 atom stereocenters. The van der Waals surface area contributed by atoms with Gasteiger partial charge >= 0.3 is 6.09 Å². The number of hydrogen-bond acceptors (Lipinski definition) is 6. The predicted molar refractivity (Wildman–Crippen MR) is 85.7 cm³/mol. The number of nitrogen functional groups attached to an aromatic ring is 1. The zero-order chi connectivity index (χ0) is 16.5. The van der Waals surface area contributed by atoms with Crippen LogP contribution < -0.4 is 10.6 Å². The van der Waals surface area contributed by atoms with Crippen molar-refractivity contribution in [3.05, 3.63) is 12.1 Å². The van der Waals surface area contributed by atoms with Crippen LogP contribution in [0.4, 0.5) is 16.4 Å². The molecule has 2 N–H and O–H groups in total. The smallest absolute Gasteiger partial charge is 0.410 e. The summed E-state index contributed by atoms with van der Waals surface area (Å²) in [5.41, 5.74) is 5.08. The first kappa shape index (κ1) is 16.3. The van der Waals surface area contributed by atoms with E-state index in [-0.39, 0.29) is 18.2 Å². The van der Waals surface area contributed by atoms with Gasteiger partial charge in [0.2, 0.25) is 0 Å². The van der Waals surface area contributed by atoms with Crippen molar-refractivity contribution in [1.82, 2.24) is 15.1 Å². The minimum Gasteiger partial charge on any atom is -0.444 e. The molecule has 122 valence electrons. The molecule has 1 aliphatic rings. The number of nitrogens with zero attached hydrogens (tertiary/aromatic N) is 4. The molecule has 22 heavy (non-hydrogen) atoms. The Morgan fingerprint density at radius 1 is 1.23 bits per heavy atom. The van der Waals surface area contributed by atoms with Crippen LogP contribution in [0.15, 0.2) is 12.1 Å². The third-order valence-electron chi connectivity index (χ3n) is 3.52. The Morgan fingerprint density at radius 3 is 2.27 bits per heavy atom. The molecule has 1 aromatic heterocycles. The van der Waals surface area contributed by atoms with E-state index in [1.54, 1.807) is 11.0 Å². The van der Waals surface area contributed by atoms with Crippen molar-refractivity contribution in [2.75, 3.05) is 23.7 Å². The molecule has 0 bridgehead atoms. The summed E-state index contributed by atoms with van der Waals surface area (Å²) in [4.78, 5) is 16.3. The van der Waals surface area contributed by atoms with E-state index in [9.17, 15) is 4.79 Å². The van der Waals surface area contributed by atoms with Gasteiger partial charge in [-0.3, -0.25) is 4.90 Å². The van der Waals surface area contributed by atoms with Gasteiger partial charge in [0.1, 0.15) is 11.4 Å². The highest BCUT2D eigenvalue weighted by atomic mass is 16.6. The van der Waals surface area contributed by atoms with Gasteiger partial charge in [0, 0.05) is 13.1 Å². The topological polar surface area (TPSA) is 84.6 Å². The van der Waals surface area contributed by atoms with Crippen molar-refractivity contribution in [2.24, 2.45) is 0 Å². The molecule has 1 aromatic rings. The minimum absolute atomic E-state index is 0.0259. The Bertz CT molecular complexity index is 514. The molecule has 2 rings (SSSR count). The molecule has 1 fully saturated rings. The number of nitrogens with two attached hydrogens (primary N) is 1. The highest BCUT2D eigenvalue weighted by molar-refractivity contribution is 5.69. The molecule has 1 amide bonds. The standard InChI is InChI=1S/C15H25N5O2/c1-10-8-19(13-7-6-12(16)17-18-13)9-11(2)20(10)14(21)22-15(3,4)5/h6-7,10-11H,8-9H2,1-5H3,(H2,16,17)/t10-,11+. The van der Waals surface area contributed by atoms with Gasteiger partial charge < -0.3 is 15.4 Å². The molecule has 0 radical (unpaired) electrons. The van der Waals surface area contributed by atoms with Crippen LogP contribution in [-0.4, -0.2) is 52.0 Å². The van der Waals surface area contributed by atoms with Crippen molar-refractivity contribution in [1.29, 1.82) is 0 Å². The summed E-state index contributed by atoms with van der Waals surface area (Å²) in [6.45, 7) is 11.0. The Hall–Kier alpha value is -2.05. The van der Waals surface area contributed by atoms with Gasteiger partial charge in [-0.25, -0.2) is 4.79 Å². The maximum absolute atomic E-state index is 12.4. The Balaban J connectivity index is 2.08. The average molecular weight is 307 g/mol. The zero-order valence-corrected chi connectivity index (χ0v) is 13.9. The third kappa shape index (κ3) is 3.78. The molecule has 0 spiro atoms. The van der Waals surface area contributed by atoms with Crippen molar-refractivity contribution < 1.29 is 9.53 Å². The number of ether oxygens (including phenoxy) is 1. The number of amides is 1. The Morgan fingerprint density at radius 2 is 1.82 bits per heavy atom. The number of aromatic nitrogens is 2. The van der Waals surface area contributed by atoms with Crippen molar-refractivity contribution >= 4 is 17.7 Å². The van der Waals surface area contributed by atoms with E-state index in [2.05, 4.69) is 15.1 Å². The molecule has 0 unspecified atom stereocenters. The summed E-state index contributed by atoms with van der Waals surface area (Å²) in [5.74, 6) is 1.17. The van der Waals surface area contributed by atoms with E-state index in [1.807, 2.05) is 40.7 Å². The quantitative estimate of drug-likeness (QED) is 0.853. The molecular formula is C15H25N5O2. The van der Waals surface area contributed by atoms with Gasteiger partial charge in [-0.05, 0) is 46.8 Å². The SMILES string of the molecule is C[C@@H]1CN(c2ccc(N)nn2)C[C@H](C)N1C(=O)OC(C)(C)C. The van der Waals surface area contributed by atoms with Crippen LogP contribution in [-0.2, 0) is 4.74 Å². The summed E-state index contributed by atoms with van der Waals surface area (Å²) in [6, 6.07) is 3.64. The van der Waals surface area contributed by atoms with Gasteiger partial charge in [0.25, 0.3) is 0 Å². The molecule has 2 heterocycles. The second-order valence-electron chi connectivity index (χ2n) is 6.81. The maximum Gasteiger partial charge on any atom is 0.410 e. The Kier molecular flexibility index (Phi) is 4.44. The second-order valence-corrected chi connectivity index (χ2v) is 6.81. The van der Waals surface area contributed by atoms with E-state index in [1.165, 1.54) is 0 Å². The number of hydrogen-bond donors (Lipinski definition) is 1. The number of anilines is 2. The normalized spacial score (nSPS) is 22.6. The van der Waals surface area contributed by atoms with Crippen LogP contribution in [0.1, 0.15) is 34.6 Å². The molecular weight excluding hydrogens is 282 g/mol. The van der Waals surface area contributed by atoms with E-state index in [4.69, 9.17) is 10.5 Å². The van der Waals surface area contributed by atoms with Crippen LogP contribution >= 0.6 is 0 Å². The van der Waals surface area contributed by atoms with E-state index >= 15 is 0 Å². The number of piperazine rings is 1. The first-order valence-electron chi connectivity index (χ1n) is 7.53. The maximum atomic E-state index is 12.4. The van der Waals surface area contributed by atoms with E-state index in [0.717, 1.165) is 5.82 Å². The van der Waals surface area contributed by atoms with Crippen molar-refractivity contribution in [2.45, 2.75) is 52.3 Å². The molecule has 7 nitrogen and oxygen atoms in total. The van der Waals surface area contributed by atoms with Crippen LogP contribution in [0.3, 0.4) is 0 Å². The largest absolute Gasteiger partial charge is 0.444 e. The Labute approximate surface area is 131 Å². The lowest BCUT2D eigenvalue weighted by Gasteiger charge is -2.44. The zero-order valence-electron chi connectivity index (χ0n) is 13.9. The van der Waals surface area contributed by atoms with Crippen LogP contribution in [0.5, 0.6) is 0 Å². The monoisotopic (exact) mass is 307 g/mol. The lowest BCUT2D eigenvalue weighted by molar-refractivity contribution is 0.00560. The molecule has 1 aliphatic heterocycles. The van der Waals surface area contributed by atoms with Gasteiger partial charge in [-0.15, -0.1) is 10.2 Å². The van der Waals surface area contributed by atoms with Gasteiger partial charge in [0.05, 0.1) is 12.1 Å². The van der Waals surface area contributed by atoms with Crippen LogP contribution in [0.2, 0.25) is 0 Å². The summed E-state index contributed by atoms with van der Waals surface area (Å²) >= 11 is 0. The van der Waals surface area contributed by atoms with Gasteiger partial charge in [0.15, 0.2) is 5.82 Å². The molecule has 0 saturated carbocycles. The molecule has 0 aromatic carbocycles. The van der Waals surface area contributed by atoms with Crippen LogP contribution in [0.25, 0.3) is 0 Å². The fourth-order valence-electron chi connectivity index (χ4n) is 2.69. The lowest BCUT2D eigenvalue weighted by atomic mass is 10.1. The lowest BCUT2D eigenvalue weighted by Crippen LogP contribution is -2.59. The number of rotatable bonds is 1. The van der Waals surface area contributed by atoms with Gasteiger partial charge in [-0.1, -0.05) is 0 Å². The summed E-state index contributed by atoms with van der Waals surface area (Å²) < 4.78 is 5.50. The van der Waals surface area contributed by atoms with Crippen molar-refractivity contribution in [3.63, 3.8) is 0 Å². The van der Waals surface area contributed by atoms with Crippen LogP contribution in [0, 0.1) is 0 Å². The third-order valence-corrected chi connectivity index (χ3v) is 3.52. The average Bonchev–Trinajstić information content (AvgIpc) is 2.36. The minimum atomic E-state index is -0.490. The summed E-state index contributed by atoms with van der Waals surface area (Å²) in [5, 5.41) is 8.00. The summed E-state index contributed by atoms with van der Waals surface area (Å²) in [7, 11) is 0. The molecule has 1 saturated heterocycles. The highest BCUT2D eigenvalue weighted by Gasteiger charge is 2.35. The molecule has 0 aliphatic carbocycles. The van der Waals surface area contributed by atoms with Crippen molar-refractivity contribution in [3.8, 4) is 0 Å². The predicted octanol–water partition coefficient (Wildman–Crippen LogP) is 1.89.